The van der Waals surface area contributed by atoms with Crippen molar-refractivity contribution in [1.82, 2.24) is 5.32 Å². The van der Waals surface area contributed by atoms with E-state index < -0.39 is 0 Å². The molecule has 1 aliphatic carbocycles. The number of carbonyl (C=O) groups excluding carboxylic acids is 1. The minimum absolute atomic E-state index is 0.0146. The average molecular weight is 339 g/mol. The predicted molar refractivity (Wildman–Crippen MR) is 86.8 cm³/mol. The Balaban J connectivity index is 1.69. The van der Waals surface area contributed by atoms with E-state index in [0.717, 1.165) is 28.5 Å². The van der Waals surface area contributed by atoms with Gasteiger partial charge in [-0.1, -0.05) is 31.9 Å². The van der Waals surface area contributed by atoms with E-state index in [1.54, 1.807) is 0 Å². The number of amides is 1. The minimum atomic E-state index is 0.0146. The van der Waals surface area contributed by atoms with Gasteiger partial charge in [-0.3, -0.25) is 4.79 Å². The van der Waals surface area contributed by atoms with E-state index in [-0.39, 0.29) is 5.91 Å². The molecule has 110 valence electrons. The van der Waals surface area contributed by atoms with Crippen LogP contribution in [0, 0.1) is 11.8 Å². The Morgan fingerprint density at radius 3 is 2.90 bits per heavy atom. The smallest absolute Gasteiger partial charge is 0.238 e. The summed E-state index contributed by atoms with van der Waals surface area (Å²) in [6, 6.07) is 7.66. The van der Waals surface area contributed by atoms with Crippen molar-refractivity contribution in [3.63, 3.8) is 0 Å². The lowest BCUT2D eigenvalue weighted by Crippen LogP contribution is -2.33. The van der Waals surface area contributed by atoms with Crippen LogP contribution in [0.4, 0.5) is 5.69 Å². The Labute approximate surface area is 129 Å². The quantitative estimate of drug-likeness (QED) is 0.857. The Kier molecular flexibility index (Phi) is 6.05. The maximum absolute atomic E-state index is 11.9. The Morgan fingerprint density at radius 2 is 2.15 bits per heavy atom. The summed E-state index contributed by atoms with van der Waals surface area (Å²) in [4.78, 5) is 11.9. The molecule has 2 atom stereocenters. The summed E-state index contributed by atoms with van der Waals surface area (Å²) in [5.41, 5.74) is 0.825. The lowest BCUT2D eigenvalue weighted by Gasteiger charge is -2.26. The normalized spacial score (nSPS) is 22.5. The zero-order valence-corrected chi connectivity index (χ0v) is 13.6. The standard InChI is InChI=1S/C16H23BrN2O/c1-12-5-4-6-13(9-12)10-18-11-16(20)19-15-8-3-2-7-14(15)17/h2-3,7-8,12-13,18H,4-6,9-11H2,1H3,(H,19,20). The second-order valence-electron chi connectivity index (χ2n) is 5.80. The first kappa shape index (κ1) is 15.5. The Hall–Kier alpha value is -0.870. The number of hydrogen-bond acceptors (Lipinski definition) is 2. The molecule has 20 heavy (non-hydrogen) atoms. The molecule has 0 heterocycles. The number of para-hydroxylation sites is 1. The van der Waals surface area contributed by atoms with Crippen LogP contribution in [0.15, 0.2) is 28.7 Å². The zero-order chi connectivity index (χ0) is 14.4. The van der Waals surface area contributed by atoms with Crippen LogP contribution in [-0.4, -0.2) is 19.0 Å². The van der Waals surface area contributed by atoms with Gasteiger partial charge in [0.05, 0.1) is 12.2 Å². The summed E-state index contributed by atoms with van der Waals surface area (Å²) in [7, 11) is 0. The van der Waals surface area contributed by atoms with E-state index in [2.05, 4.69) is 33.5 Å². The zero-order valence-electron chi connectivity index (χ0n) is 12.0. The van der Waals surface area contributed by atoms with Crippen molar-refractivity contribution in [1.29, 1.82) is 0 Å². The number of benzene rings is 1. The third-order valence-electron chi connectivity index (χ3n) is 3.91. The first-order valence-corrected chi connectivity index (χ1v) is 8.19. The summed E-state index contributed by atoms with van der Waals surface area (Å²) in [6.45, 7) is 3.66. The molecule has 0 saturated heterocycles. The van der Waals surface area contributed by atoms with E-state index in [9.17, 15) is 4.79 Å². The van der Waals surface area contributed by atoms with Crippen LogP contribution in [0.25, 0.3) is 0 Å². The first-order valence-electron chi connectivity index (χ1n) is 7.40. The largest absolute Gasteiger partial charge is 0.324 e. The van der Waals surface area contributed by atoms with Crippen LogP contribution in [0.5, 0.6) is 0 Å². The lowest BCUT2D eigenvalue weighted by atomic mass is 9.82. The lowest BCUT2D eigenvalue weighted by molar-refractivity contribution is -0.115. The van der Waals surface area contributed by atoms with Gasteiger partial charge in [0, 0.05) is 4.47 Å². The van der Waals surface area contributed by atoms with E-state index in [1.165, 1.54) is 25.7 Å². The van der Waals surface area contributed by atoms with Crippen LogP contribution in [-0.2, 0) is 4.79 Å². The third-order valence-corrected chi connectivity index (χ3v) is 4.60. The van der Waals surface area contributed by atoms with Crippen molar-refractivity contribution in [2.45, 2.75) is 32.6 Å². The fourth-order valence-electron chi connectivity index (χ4n) is 2.89. The monoisotopic (exact) mass is 338 g/mol. The van der Waals surface area contributed by atoms with Crippen molar-refractivity contribution < 1.29 is 4.79 Å². The molecular weight excluding hydrogens is 316 g/mol. The van der Waals surface area contributed by atoms with Gasteiger partial charge in [0.2, 0.25) is 5.91 Å². The molecule has 0 spiro atoms. The van der Waals surface area contributed by atoms with Gasteiger partial charge in [0.25, 0.3) is 0 Å². The van der Waals surface area contributed by atoms with E-state index >= 15 is 0 Å². The number of anilines is 1. The van der Waals surface area contributed by atoms with Crippen molar-refractivity contribution in [3.05, 3.63) is 28.7 Å². The second-order valence-corrected chi connectivity index (χ2v) is 6.65. The molecule has 1 saturated carbocycles. The van der Waals surface area contributed by atoms with Crippen LogP contribution in [0.2, 0.25) is 0 Å². The van der Waals surface area contributed by atoms with Crippen molar-refractivity contribution in [2.24, 2.45) is 11.8 Å². The Morgan fingerprint density at radius 1 is 1.35 bits per heavy atom. The van der Waals surface area contributed by atoms with Gasteiger partial charge >= 0.3 is 0 Å². The summed E-state index contributed by atoms with van der Waals surface area (Å²) >= 11 is 3.43. The minimum Gasteiger partial charge on any atom is -0.324 e. The van der Waals surface area contributed by atoms with Crippen LogP contribution < -0.4 is 10.6 Å². The highest BCUT2D eigenvalue weighted by Gasteiger charge is 2.18. The van der Waals surface area contributed by atoms with Gasteiger partial charge in [0.15, 0.2) is 0 Å². The SMILES string of the molecule is CC1CCCC(CNCC(=O)Nc2ccccc2Br)C1. The fraction of sp³-hybridized carbons (Fsp3) is 0.562. The van der Waals surface area contributed by atoms with E-state index in [1.807, 2.05) is 24.3 Å². The topological polar surface area (TPSA) is 41.1 Å². The van der Waals surface area contributed by atoms with Crippen LogP contribution in [0.3, 0.4) is 0 Å². The average Bonchev–Trinajstić information content (AvgIpc) is 2.41. The molecule has 4 heteroatoms. The van der Waals surface area contributed by atoms with Crippen LogP contribution in [0.1, 0.15) is 32.6 Å². The molecule has 3 nitrogen and oxygen atoms in total. The molecule has 0 radical (unpaired) electrons. The summed E-state index contributed by atoms with van der Waals surface area (Å²) in [5, 5.41) is 6.20. The number of carbonyl (C=O) groups is 1. The van der Waals surface area contributed by atoms with Gasteiger partial charge in [-0.05, 0) is 59.3 Å². The highest BCUT2D eigenvalue weighted by Crippen LogP contribution is 2.27. The molecule has 1 amide bonds. The van der Waals surface area contributed by atoms with E-state index in [0.29, 0.717) is 6.54 Å². The highest BCUT2D eigenvalue weighted by molar-refractivity contribution is 9.10. The molecule has 0 aromatic heterocycles. The number of hydrogen-bond donors (Lipinski definition) is 2. The molecule has 1 aromatic rings. The maximum atomic E-state index is 11.9. The summed E-state index contributed by atoms with van der Waals surface area (Å²) in [6.07, 6.45) is 5.28. The number of rotatable bonds is 5. The van der Waals surface area contributed by atoms with Crippen molar-refractivity contribution in [3.8, 4) is 0 Å². The highest BCUT2D eigenvalue weighted by atomic mass is 79.9. The molecule has 1 aromatic carbocycles. The molecule has 1 fully saturated rings. The van der Waals surface area contributed by atoms with Gasteiger partial charge in [-0.15, -0.1) is 0 Å². The van der Waals surface area contributed by atoms with E-state index in [4.69, 9.17) is 0 Å². The molecule has 1 aliphatic rings. The van der Waals surface area contributed by atoms with Crippen molar-refractivity contribution >= 4 is 27.5 Å². The summed E-state index contributed by atoms with van der Waals surface area (Å²) < 4.78 is 0.912. The van der Waals surface area contributed by atoms with Gasteiger partial charge in [-0.25, -0.2) is 0 Å². The predicted octanol–water partition coefficient (Wildman–Crippen LogP) is 3.80. The fourth-order valence-corrected chi connectivity index (χ4v) is 3.28. The first-order chi connectivity index (χ1) is 9.65. The van der Waals surface area contributed by atoms with Crippen molar-refractivity contribution in [2.75, 3.05) is 18.4 Å². The molecule has 2 unspecified atom stereocenters. The van der Waals surface area contributed by atoms with Gasteiger partial charge < -0.3 is 10.6 Å². The van der Waals surface area contributed by atoms with Crippen LogP contribution >= 0.6 is 15.9 Å². The Bertz CT molecular complexity index is 450. The third kappa shape index (κ3) is 4.91. The molecule has 2 rings (SSSR count). The maximum Gasteiger partial charge on any atom is 0.238 e. The van der Waals surface area contributed by atoms with Gasteiger partial charge in [-0.2, -0.15) is 0 Å². The second kappa shape index (κ2) is 7.79. The number of nitrogens with one attached hydrogen (secondary N) is 2. The van der Waals surface area contributed by atoms with Gasteiger partial charge in [0.1, 0.15) is 0 Å². The molecule has 2 N–H and O–H groups in total. The number of halogens is 1. The molecule has 0 aliphatic heterocycles. The molecule has 0 bridgehead atoms. The molecular formula is C16H23BrN2O. The summed E-state index contributed by atoms with van der Waals surface area (Å²) in [5.74, 6) is 1.58.